The average molecular weight is 269 g/mol. The molecular weight excluding hydrogens is 250 g/mol. The summed E-state index contributed by atoms with van der Waals surface area (Å²) in [5, 5.41) is 4.18. The fourth-order valence-corrected chi connectivity index (χ4v) is 3.25. The molecule has 2 fully saturated rings. The van der Waals surface area contributed by atoms with Gasteiger partial charge in [-0.1, -0.05) is 25.6 Å². The second-order valence-corrected chi connectivity index (χ2v) is 6.09. The fourth-order valence-electron chi connectivity index (χ4n) is 2.00. The highest BCUT2D eigenvalue weighted by Gasteiger charge is 2.33. The Morgan fingerprint density at radius 3 is 2.78 bits per heavy atom. The van der Waals surface area contributed by atoms with Crippen LogP contribution in [-0.2, 0) is 9.59 Å². The Morgan fingerprint density at radius 2 is 2.17 bits per heavy atom. The number of imide groups is 1. The molecule has 0 aromatic heterocycles. The van der Waals surface area contributed by atoms with Gasteiger partial charge in [0.1, 0.15) is 6.04 Å². The largest absolute Gasteiger partial charge is 0.361 e. The van der Waals surface area contributed by atoms with Gasteiger partial charge in [0.05, 0.1) is 0 Å². The smallest absolute Gasteiger partial charge is 0.253 e. The topological polar surface area (TPSA) is 61.8 Å². The van der Waals surface area contributed by atoms with Gasteiger partial charge in [-0.2, -0.15) is 0 Å². The highest BCUT2D eigenvalue weighted by atomic mass is 32.2. The molecule has 2 aliphatic heterocycles. The highest BCUT2D eigenvalue weighted by molar-refractivity contribution is 8.14. The van der Waals surface area contributed by atoms with Crippen LogP contribution < -0.4 is 5.32 Å². The van der Waals surface area contributed by atoms with Gasteiger partial charge in [0.25, 0.3) is 5.91 Å². The summed E-state index contributed by atoms with van der Waals surface area (Å²) in [6, 6.07) is 0.0282. The monoisotopic (exact) mass is 269 g/mol. The Balaban J connectivity index is 2.01. The molecule has 0 aromatic rings. The standard InChI is InChI=1S/C12H19N3O2S/c1-7(2)9-6-18-12(14-9)13-8-4-5-10(16)15(3)11(8)17/h7-9H,4-6H2,1-3H3,(H,13,14)/t8?,9-/m1/s1. The molecule has 5 nitrogen and oxygen atoms in total. The number of aliphatic imine (C=N–C) groups is 1. The van der Waals surface area contributed by atoms with E-state index in [1.54, 1.807) is 11.8 Å². The molecule has 2 rings (SSSR count). The average Bonchev–Trinajstić information content (AvgIpc) is 2.79. The number of hydrogen-bond donors (Lipinski definition) is 1. The van der Waals surface area contributed by atoms with Crippen molar-refractivity contribution in [1.82, 2.24) is 10.2 Å². The first kappa shape index (κ1) is 13.4. The summed E-state index contributed by atoms with van der Waals surface area (Å²) in [4.78, 5) is 28.9. The molecule has 1 unspecified atom stereocenters. The minimum absolute atomic E-state index is 0.108. The molecule has 2 saturated heterocycles. The number of carbonyl (C=O) groups excluding carboxylic acids is 2. The number of nitrogens with one attached hydrogen (secondary N) is 1. The van der Waals surface area contributed by atoms with E-state index in [0.717, 1.165) is 10.9 Å². The van der Waals surface area contributed by atoms with Crippen molar-refractivity contribution in [2.75, 3.05) is 12.8 Å². The van der Waals surface area contributed by atoms with Crippen LogP contribution in [0.5, 0.6) is 0 Å². The zero-order valence-electron chi connectivity index (χ0n) is 11.0. The zero-order valence-corrected chi connectivity index (χ0v) is 11.8. The second kappa shape index (κ2) is 5.30. The molecule has 18 heavy (non-hydrogen) atoms. The van der Waals surface area contributed by atoms with Gasteiger partial charge < -0.3 is 5.32 Å². The quantitative estimate of drug-likeness (QED) is 0.755. The lowest BCUT2D eigenvalue weighted by Gasteiger charge is -2.25. The molecular formula is C12H19N3O2S. The molecule has 1 N–H and O–H groups in total. The summed E-state index contributed by atoms with van der Waals surface area (Å²) in [7, 11) is 1.53. The first-order valence-corrected chi connectivity index (χ1v) is 7.25. The van der Waals surface area contributed by atoms with Crippen LogP contribution in [0.4, 0.5) is 0 Å². The van der Waals surface area contributed by atoms with Crippen LogP contribution in [0.25, 0.3) is 0 Å². The molecule has 2 heterocycles. The van der Waals surface area contributed by atoms with Gasteiger partial charge in [0.15, 0.2) is 5.17 Å². The lowest BCUT2D eigenvalue weighted by Crippen LogP contribution is -2.45. The molecule has 6 heteroatoms. The summed E-state index contributed by atoms with van der Waals surface area (Å²) in [6.45, 7) is 4.33. The van der Waals surface area contributed by atoms with E-state index in [1.165, 1.54) is 11.9 Å². The lowest BCUT2D eigenvalue weighted by atomic mass is 10.1. The Labute approximate surface area is 111 Å². The van der Waals surface area contributed by atoms with Crippen LogP contribution in [-0.4, -0.2) is 46.8 Å². The normalized spacial score (nSPS) is 31.3. The second-order valence-electron chi connectivity index (χ2n) is 5.09. The third-order valence-corrected chi connectivity index (χ3v) is 4.43. The third-order valence-electron chi connectivity index (χ3n) is 3.41. The van der Waals surface area contributed by atoms with Gasteiger partial charge in [-0.05, 0) is 12.3 Å². The van der Waals surface area contributed by atoms with Crippen LogP contribution in [0, 0.1) is 5.92 Å². The van der Waals surface area contributed by atoms with Crippen molar-refractivity contribution in [3.8, 4) is 0 Å². The van der Waals surface area contributed by atoms with Crippen molar-refractivity contribution in [1.29, 1.82) is 0 Å². The van der Waals surface area contributed by atoms with Crippen LogP contribution in [0.2, 0.25) is 0 Å². The summed E-state index contributed by atoms with van der Waals surface area (Å²) in [5.74, 6) is 1.25. The summed E-state index contributed by atoms with van der Waals surface area (Å²) in [6.07, 6.45) is 0.933. The fraction of sp³-hybridized carbons (Fsp3) is 0.750. The van der Waals surface area contributed by atoms with E-state index in [0.29, 0.717) is 24.8 Å². The molecule has 0 saturated carbocycles. The molecule has 2 amide bonds. The molecule has 100 valence electrons. The first-order chi connectivity index (χ1) is 8.49. The predicted octanol–water partition coefficient (Wildman–Crippen LogP) is 0.851. The van der Waals surface area contributed by atoms with Crippen LogP contribution in [0.3, 0.4) is 0 Å². The van der Waals surface area contributed by atoms with Crippen LogP contribution in [0.1, 0.15) is 26.7 Å². The van der Waals surface area contributed by atoms with Crippen LogP contribution >= 0.6 is 11.8 Å². The van der Waals surface area contributed by atoms with E-state index in [4.69, 9.17) is 0 Å². The van der Waals surface area contributed by atoms with Crippen LogP contribution in [0.15, 0.2) is 4.99 Å². The van der Waals surface area contributed by atoms with E-state index < -0.39 is 6.04 Å². The zero-order chi connectivity index (χ0) is 13.3. The minimum Gasteiger partial charge on any atom is -0.361 e. The number of likely N-dealkylation sites (N-methyl/N-ethyl adjacent to an activating group) is 1. The molecule has 2 aliphatic rings. The molecule has 0 bridgehead atoms. The van der Waals surface area contributed by atoms with Gasteiger partial charge in [-0.15, -0.1) is 0 Å². The van der Waals surface area contributed by atoms with Crippen molar-refractivity contribution >= 4 is 28.7 Å². The van der Waals surface area contributed by atoms with Gasteiger partial charge in [-0.3, -0.25) is 14.5 Å². The van der Waals surface area contributed by atoms with E-state index in [1.807, 2.05) is 0 Å². The molecule has 0 spiro atoms. The number of likely N-dealkylation sites (tertiary alicyclic amines) is 1. The van der Waals surface area contributed by atoms with E-state index in [-0.39, 0.29) is 11.8 Å². The summed E-state index contributed by atoms with van der Waals surface area (Å²) < 4.78 is 0. The number of amides is 2. The van der Waals surface area contributed by atoms with E-state index >= 15 is 0 Å². The number of hydrogen-bond acceptors (Lipinski definition) is 4. The first-order valence-electron chi connectivity index (χ1n) is 6.26. The van der Waals surface area contributed by atoms with Gasteiger partial charge in [0, 0.05) is 25.3 Å². The van der Waals surface area contributed by atoms with Crippen molar-refractivity contribution in [3.63, 3.8) is 0 Å². The maximum absolute atomic E-state index is 11.9. The van der Waals surface area contributed by atoms with Crippen molar-refractivity contribution in [3.05, 3.63) is 0 Å². The maximum atomic E-state index is 11.9. The summed E-state index contributed by atoms with van der Waals surface area (Å²) in [5.41, 5.74) is 0. The van der Waals surface area contributed by atoms with Gasteiger partial charge in [-0.25, -0.2) is 4.99 Å². The minimum atomic E-state index is -0.395. The Bertz CT molecular complexity index is 395. The Hall–Kier alpha value is -1.04. The molecule has 0 radical (unpaired) electrons. The van der Waals surface area contributed by atoms with Gasteiger partial charge >= 0.3 is 0 Å². The highest BCUT2D eigenvalue weighted by Crippen LogP contribution is 2.22. The molecule has 2 atom stereocenters. The van der Waals surface area contributed by atoms with E-state index in [9.17, 15) is 9.59 Å². The molecule has 0 aromatic carbocycles. The predicted molar refractivity (Wildman–Crippen MR) is 72.5 cm³/mol. The summed E-state index contributed by atoms with van der Waals surface area (Å²) >= 11 is 1.66. The molecule has 0 aliphatic carbocycles. The third kappa shape index (κ3) is 2.68. The number of piperidine rings is 1. The van der Waals surface area contributed by atoms with Crippen molar-refractivity contribution in [2.24, 2.45) is 10.9 Å². The number of amidine groups is 1. The number of rotatable bonds is 2. The van der Waals surface area contributed by atoms with Gasteiger partial charge in [0.2, 0.25) is 5.91 Å². The van der Waals surface area contributed by atoms with Crippen molar-refractivity contribution in [2.45, 2.75) is 38.8 Å². The maximum Gasteiger partial charge on any atom is 0.253 e. The lowest BCUT2D eigenvalue weighted by molar-refractivity contribution is -0.147. The van der Waals surface area contributed by atoms with Crippen molar-refractivity contribution < 1.29 is 9.59 Å². The van der Waals surface area contributed by atoms with E-state index in [2.05, 4.69) is 24.2 Å². The number of carbonyl (C=O) groups is 2. The number of nitrogens with zero attached hydrogens (tertiary/aromatic N) is 2. The Kier molecular flexibility index (Phi) is 3.94. The Morgan fingerprint density at radius 1 is 1.44 bits per heavy atom. The SMILES string of the molecule is CC(C)[C@H]1CSC(=NC2CCC(=O)N(C)C2=O)N1. The number of thioether (sulfide) groups is 1.